The molecule has 0 spiro atoms. The van der Waals surface area contributed by atoms with Gasteiger partial charge < -0.3 is 14.2 Å². The SMILES string of the molecule is CC1CC(Cc2ccccc2)C2OC(C)OC2O1. The Hall–Kier alpha value is -0.900. The average molecular weight is 248 g/mol. The summed E-state index contributed by atoms with van der Waals surface area (Å²) < 4.78 is 17.3. The molecule has 3 rings (SSSR count). The highest BCUT2D eigenvalue weighted by Crippen LogP contribution is 2.36. The molecular formula is C15H20O3. The molecule has 1 aromatic carbocycles. The van der Waals surface area contributed by atoms with E-state index in [4.69, 9.17) is 14.2 Å². The fourth-order valence-electron chi connectivity index (χ4n) is 2.99. The lowest BCUT2D eigenvalue weighted by atomic mass is 9.87. The molecule has 18 heavy (non-hydrogen) atoms. The number of hydrogen-bond acceptors (Lipinski definition) is 3. The summed E-state index contributed by atoms with van der Waals surface area (Å²) in [6.07, 6.45) is 2.06. The van der Waals surface area contributed by atoms with Crippen LogP contribution in [0.25, 0.3) is 0 Å². The molecule has 1 aromatic rings. The maximum Gasteiger partial charge on any atom is 0.187 e. The first kappa shape index (κ1) is 12.2. The summed E-state index contributed by atoms with van der Waals surface area (Å²) in [7, 11) is 0. The van der Waals surface area contributed by atoms with Gasteiger partial charge >= 0.3 is 0 Å². The van der Waals surface area contributed by atoms with Gasteiger partial charge in [0.15, 0.2) is 12.6 Å². The van der Waals surface area contributed by atoms with Crippen LogP contribution in [0.3, 0.4) is 0 Å². The van der Waals surface area contributed by atoms with Crippen molar-refractivity contribution in [1.29, 1.82) is 0 Å². The minimum absolute atomic E-state index is 0.0800. The average Bonchev–Trinajstić information content (AvgIpc) is 2.71. The summed E-state index contributed by atoms with van der Waals surface area (Å²) in [5.41, 5.74) is 1.36. The van der Waals surface area contributed by atoms with Gasteiger partial charge in [-0.2, -0.15) is 0 Å². The minimum Gasteiger partial charge on any atom is -0.347 e. The van der Waals surface area contributed by atoms with Crippen molar-refractivity contribution in [2.75, 3.05) is 0 Å². The third-order valence-corrected chi connectivity index (χ3v) is 3.75. The van der Waals surface area contributed by atoms with Gasteiger partial charge in [-0.15, -0.1) is 0 Å². The van der Waals surface area contributed by atoms with E-state index in [1.165, 1.54) is 5.56 Å². The molecule has 2 heterocycles. The molecule has 0 bridgehead atoms. The number of fused-ring (bicyclic) bond motifs is 1. The molecule has 5 unspecified atom stereocenters. The normalized spacial score (nSPS) is 39.6. The molecule has 5 atom stereocenters. The lowest BCUT2D eigenvalue weighted by molar-refractivity contribution is -0.189. The Morgan fingerprint density at radius 3 is 2.61 bits per heavy atom. The first-order valence-corrected chi connectivity index (χ1v) is 6.72. The van der Waals surface area contributed by atoms with E-state index in [0.29, 0.717) is 5.92 Å². The van der Waals surface area contributed by atoms with E-state index in [-0.39, 0.29) is 24.8 Å². The zero-order valence-electron chi connectivity index (χ0n) is 10.9. The van der Waals surface area contributed by atoms with Gasteiger partial charge in [-0.3, -0.25) is 0 Å². The third kappa shape index (κ3) is 2.44. The van der Waals surface area contributed by atoms with E-state index in [2.05, 4.69) is 37.3 Å². The fourth-order valence-corrected chi connectivity index (χ4v) is 2.99. The molecule has 3 heteroatoms. The molecule has 2 saturated heterocycles. The Bertz CT molecular complexity index is 392. The highest BCUT2D eigenvalue weighted by molar-refractivity contribution is 5.16. The van der Waals surface area contributed by atoms with Gasteiger partial charge in [-0.1, -0.05) is 30.3 Å². The Balaban J connectivity index is 1.74. The minimum atomic E-state index is -0.183. The highest BCUT2D eigenvalue weighted by atomic mass is 16.8. The summed E-state index contributed by atoms with van der Waals surface area (Å²) in [6.45, 7) is 4.05. The van der Waals surface area contributed by atoms with Gasteiger partial charge in [0.05, 0.1) is 6.10 Å². The molecule has 2 aliphatic heterocycles. The van der Waals surface area contributed by atoms with E-state index in [1.54, 1.807) is 0 Å². The van der Waals surface area contributed by atoms with Gasteiger partial charge in [-0.05, 0) is 38.2 Å². The molecule has 0 radical (unpaired) electrons. The molecule has 0 saturated carbocycles. The highest BCUT2D eigenvalue weighted by Gasteiger charge is 2.44. The second kappa shape index (κ2) is 5.00. The predicted octanol–water partition coefficient (Wildman–Crippen LogP) is 2.74. The Morgan fingerprint density at radius 1 is 1.06 bits per heavy atom. The molecule has 2 aliphatic rings. The van der Waals surface area contributed by atoms with Crippen molar-refractivity contribution in [3.63, 3.8) is 0 Å². The zero-order valence-corrected chi connectivity index (χ0v) is 10.9. The first-order chi connectivity index (χ1) is 8.72. The number of ether oxygens (including phenoxy) is 3. The van der Waals surface area contributed by atoms with Crippen LogP contribution in [0.15, 0.2) is 30.3 Å². The zero-order chi connectivity index (χ0) is 12.5. The van der Waals surface area contributed by atoms with Gasteiger partial charge in [-0.25, -0.2) is 0 Å². The van der Waals surface area contributed by atoms with Crippen molar-refractivity contribution in [3.05, 3.63) is 35.9 Å². The molecule has 0 N–H and O–H groups in total. The Morgan fingerprint density at radius 2 is 1.83 bits per heavy atom. The lowest BCUT2D eigenvalue weighted by Crippen LogP contribution is -2.43. The van der Waals surface area contributed by atoms with E-state index < -0.39 is 0 Å². The second-order valence-electron chi connectivity index (χ2n) is 5.31. The quantitative estimate of drug-likeness (QED) is 0.805. The smallest absolute Gasteiger partial charge is 0.187 e. The Labute approximate surface area is 108 Å². The van der Waals surface area contributed by atoms with E-state index in [1.807, 2.05) is 6.92 Å². The molecule has 0 aliphatic carbocycles. The third-order valence-electron chi connectivity index (χ3n) is 3.75. The summed E-state index contributed by atoms with van der Waals surface area (Å²) in [5, 5.41) is 0. The van der Waals surface area contributed by atoms with Crippen LogP contribution in [-0.2, 0) is 20.6 Å². The Kier molecular flexibility index (Phi) is 3.37. The van der Waals surface area contributed by atoms with Crippen LogP contribution in [0.5, 0.6) is 0 Å². The van der Waals surface area contributed by atoms with Gasteiger partial charge in [0, 0.05) is 0 Å². The van der Waals surface area contributed by atoms with Crippen molar-refractivity contribution in [1.82, 2.24) is 0 Å². The summed E-state index contributed by atoms with van der Waals surface area (Å²) >= 11 is 0. The lowest BCUT2D eigenvalue weighted by Gasteiger charge is -2.35. The molecule has 0 aromatic heterocycles. The van der Waals surface area contributed by atoms with Crippen molar-refractivity contribution < 1.29 is 14.2 Å². The van der Waals surface area contributed by atoms with Crippen LogP contribution < -0.4 is 0 Å². The predicted molar refractivity (Wildman–Crippen MR) is 68.0 cm³/mol. The first-order valence-electron chi connectivity index (χ1n) is 6.72. The maximum atomic E-state index is 5.85. The van der Waals surface area contributed by atoms with E-state index in [0.717, 1.165) is 12.8 Å². The number of rotatable bonds is 2. The summed E-state index contributed by atoms with van der Waals surface area (Å²) in [5.74, 6) is 0.478. The molecule has 98 valence electrons. The number of benzene rings is 1. The van der Waals surface area contributed by atoms with Gasteiger partial charge in [0.25, 0.3) is 0 Å². The maximum absolute atomic E-state index is 5.85. The van der Waals surface area contributed by atoms with Crippen molar-refractivity contribution in [3.8, 4) is 0 Å². The van der Waals surface area contributed by atoms with Crippen molar-refractivity contribution in [2.45, 2.75) is 51.5 Å². The molecule has 3 nitrogen and oxygen atoms in total. The van der Waals surface area contributed by atoms with Crippen LogP contribution in [-0.4, -0.2) is 24.8 Å². The van der Waals surface area contributed by atoms with Crippen molar-refractivity contribution in [2.24, 2.45) is 5.92 Å². The molecule has 2 fully saturated rings. The van der Waals surface area contributed by atoms with E-state index >= 15 is 0 Å². The number of hydrogen-bond donors (Lipinski definition) is 0. The standard InChI is InChI=1S/C15H20O3/c1-10-8-13(9-12-6-4-3-5-7-12)14-15(16-10)18-11(2)17-14/h3-7,10-11,13-15H,8-9H2,1-2H3. The molecular weight excluding hydrogens is 228 g/mol. The van der Waals surface area contributed by atoms with Crippen LogP contribution in [0.4, 0.5) is 0 Å². The van der Waals surface area contributed by atoms with Crippen LogP contribution in [0, 0.1) is 5.92 Å². The summed E-state index contributed by atoms with van der Waals surface area (Å²) in [6, 6.07) is 10.6. The topological polar surface area (TPSA) is 27.7 Å². The van der Waals surface area contributed by atoms with Gasteiger partial charge in [0.2, 0.25) is 0 Å². The fraction of sp³-hybridized carbons (Fsp3) is 0.600. The second-order valence-corrected chi connectivity index (χ2v) is 5.31. The molecule has 0 amide bonds. The van der Waals surface area contributed by atoms with Crippen LogP contribution >= 0.6 is 0 Å². The largest absolute Gasteiger partial charge is 0.347 e. The van der Waals surface area contributed by atoms with Gasteiger partial charge in [0.1, 0.15) is 6.10 Å². The van der Waals surface area contributed by atoms with E-state index in [9.17, 15) is 0 Å². The van der Waals surface area contributed by atoms with Crippen molar-refractivity contribution >= 4 is 0 Å². The van der Waals surface area contributed by atoms with Crippen LogP contribution in [0.1, 0.15) is 25.8 Å². The summed E-state index contributed by atoms with van der Waals surface area (Å²) in [4.78, 5) is 0. The monoisotopic (exact) mass is 248 g/mol. The van der Waals surface area contributed by atoms with Crippen LogP contribution in [0.2, 0.25) is 0 Å².